The average molecular weight is 243 g/mol. The minimum atomic E-state index is -0.554. The maximum Gasteiger partial charge on any atom is 0.120 e. The minimum absolute atomic E-state index is 0.259. The summed E-state index contributed by atoms with van der Waals surface area (Å²) in [4.78, 5) is 0. The van der Waals surface area contributed by atoms with Crippen molar-refractivity contribution in [3.8, 4) is 5.75 Å². The van der Waals surface area contributed by atoms with Gasteiger partial charge >= 0.3 is 0 Å². The summed E-state index contributed by atoms with van der Waals surface area (Å²) in [5, 5.41) is 19.2. The molecule has 1 aliphatic carbocycles. The van der Waals surface area contributed by atoms with Gasteiger partial charge in [-0.25, -0.2) is 0 Å². The van der Waals surface area contributed by atoms with E-state index in [4.69, 9.17) is 0 Å². The predicted molar refractivity (Wildman–Crippen MR) is 53.7 cm³/mol. The van der Waals surface area contributed by atoms with Crippen molar-refractivity contribution in [2.24, 2.45) is 0 Å². The molecule has 70 valence electrons. The second kappa shape index (κ2) is 3.00. The third kappa shape index (κ3) is 1.86. The molecule has 0 unspecified atom stereocenters. The first-order valence-electron chi connectivity index (χ1n) is 4.29. The van der Waals surface area contributed by atoms with Crippen LogP contribution < -0.4 is 0 Å². The lowest BCUT2D eigenvalue weighted by molar-refractivity contribution is 0.150. The Bertz CT molecular complexity index is 311. The Labute approximate surface area is 85.3 Å². The second-order valence-electron chi connectivity index (χ2n) is 3.64. The van der Waals surface area contributed by atoms with Crippen LogP contribution in [0.1, 0.15) is 18.4 Å². The molecule has 13 heavy (non-hydrogen) atoms. The Morgan fingerprint density at radius 2 is 2.08 bits per heavy atom. The number of aromatic hydroxyl groups is 1. The second-order valence-corrected chi connectivity index (χ2v) is 4.49. The van der Waals surface area contributed by atoms with Gasteiger partial charge in [0.1, 0.15) is 5.75 Å². The van der Waals surface area contributed by atoms with E-state index in [2.05, 4.69) is 15.9 Å². The summed E-state index contributed by atoms with van der Waals surface area (Å²) in [5.41, 5.74) is 0.254. The molecule has 0 radical (unpaired) electrons. The van der Waals surface area contributed by atoms with Crippen molar-refractivity contribution in [2.45, 2.75) is 24.9 Å². The Morgan fingerprint density at radius 1 is 1.38 bits per heavy atom. The molecule has 0 atom stereocenters. The fraction of sp³-hybridized carbons (Fsp3) is 0.400. The van der Waals surface area contributed by atoms with Gasteiger partial charge in [-0.05, 0) is 25.0 Å². The van der Waals surface area contributed by atoms with E-state index in [0.717, 1.165) is 22.9 Å². The Kier molecular flexibility index (Phi) is 2.08. The van der Waals surface area contributed by atoms with Crippen LogP contribution in [0.15, 0.2) is 22.7 Å². The van der Waals surface area contributed by atoms with Gasteiger partial charge in [-0.3, -0.25) is 0 Å². The molecule has 0 amide bonds. The van der Waals surface area contributed by atoms with Crippen LogP contribution in [0.3, 0.4) is 0 Å². The zero-order valence-electron chi connectivity index (χ0n) is 7.13. The zero-order valence-corrected chi connectivity index (χ0v) is 8.71. The van der Waals surface area contributed by atoms with Crippen LogP contribution in [0.2, 0.25) is 0 Å². The van der Waals surface area contributed by atoms with Crippen molar-refractivity contribution in [1.29, 1.82) is 0 Å². The summed E-state index contributed by atoms with van der Waals surface area (Å²) < 4.78 is 0.868. The van der Waals surface area contributed by atoms with Crippen LogP contribution in [0.25, 0.3) is 0 Å². The molecule has 0 heterocycles. The monoisotopic (exact) mass is 242 g/mol. The van der Waals surface area contributed by atoms with Crippen molar-refractivity contribution in [2.75, 3.05) is 0 Å². The highest BCUT2D eigenvalue weighted by Gasteiger charge is 2.41. The SMILES string of the molecule is Oc1cccc(Br)c1CC1(O)CC1. The van der Waals surface area contributed by atoms with E-state index in [9.17, 15) is 10.2 Å². The van der Waals surface area contributed by atoms with Gasteiger partial charge in [0.05, 0.1) is 5.60 Å². The topological polar surface area (TPSA) is 40.5 Å². The molecule has 1 saturated carbocycles. The smallest absolute Gasteiger partial charge is 0.120 e. The standard InChI is InChI=1S/C10H11BrO2/c11-8-2-1-3-9(12)7(8)6-10(13)4-5-10/h1-3,12-13H,4-6H2. The van der Waals surface area contributed by atoms with Gasteiger partial charge < -0.3 is 10.2 Å². The van der Waals surface area contributed by atoms with Crippen LogP contribution >= 0.6 is 15.9 Å². The van der Waals surface area contributed by atoms with Gasteiger partial charge in [0.2, 0.25) is 0 Å². The minimum Gasteiger partial charge on any atom is -0.508 e. The average Bonchev–Trinajstić information content (AvgIpc) is 2.78. The van der Waals surface area contributed by atoms with E-state index >= 15 is 0 Å². The van der Waals surface area contributed by atoms with Gasteiger partial charge in [-0.2, -0.15) is 0 Å². The normalized spacial score (nSPS) is 18.6. The van der Waals surface area contributed by atoms with Gasteiger partial charge in [0.15, 0.2) is 0 Å². The molecule has 0 spiro atoms. The molecule has 2 nitrogen and oxygen atoms in total. The maximum atomic E-state index is 9.70. The number of hydrogen-bond donors (Lipinski definition) is 2. The number of phenols is 1. The fourth-order valence-corrected chi connectivity index (χ4v) is 1.87. The molecule has 2 N–H and O–H groups in total. The van der Waals surface area contributed by atoms with Crippen molar-refractivity contribution in [3.05, 3.63) is 28.2 Å². The summed E-state index contributed by atoms with van der Waals surface area (Å²) >= 11 is 3.36. The first-order chi connectivity index (χ1) is 6.11. The van der Waals surface area contributed by atoms with Gasteiger partial charge in [0, 0.05) is 16.5 Å². The van der Waals surface area contributed by atoms with Crippen LogP contribution in [0.4, 0.5) is 0 Å². The summed E-state index contributed by atoms with van der Waals surface area (Å²) in [6.07, 6.45) is 2.22. The summed E-state index contributed by atoms with van der Waals surface area (Å²) in [6.45, 7) is 0. The van der Waals surface area contributed by atoms with Gasteiger partial charge in [0.25, 0.3) is 0 Å². The number of halogens is 1. The number of aliphatic hydroxyl groups is 1. The number of rotatable bonds is 2. The van der Waals surface area contributed by atoms with E-state index in [1.165, 1.54) is 0 Å². The van der Waals surface area contributed by atoms with Crippen molar-refractivity contribution in [1.82, 2.24) is 0 Å². The van der Waals surface area contributed by atoms with E-state index in [1.807, 2.05) is 6.07 Å². The third-order valence-electron chi connectivity index (χ3n) is 2.43. The Balaban J connectivity index is 2.28. The van der Waals surface area contributed by atoms with Crippen molar-refractivity contribution in [3.63, 3.8) is 0 Å². The molecule has 3 heteroatoms. The zero-order chi connectivity index (χ0) is 9.47. The Morgan fingerprint density at radius 3 is 2.62 bits per heavy atom. The molecule has 0 aromatic heterocycles. The van der Waals surface area contributed by atoms with E-state index in [1.54, 1.807) is 12.1 Å². The van der Waals surface area contributed by atoms with Crippen LogP contribution in [0.5, 0.6) is 5.75 Å². The number of hydrogen-bond acceptors (Lipinski definition) is 2. The quantitative estimate of drug-likeness (QED) is 0.836. The van der Waals surface area contributed by atoms with E-state index in [0.29, 0.717) is 6.42 Å². The molecule has 1 fully saturated rings. The lowest BCUT2D eigenvalue weighted by Crippen LogP contribution is -2.11. The molecular weight excluding hydrogens is 232 g/mol. The van der Waals surface area contributed by atoms with E-state index in [-0.39, 0.29) is 5.75 Å². The molecule has 1 aromatic carbocycles. The van der Waals surface area contributed by atoms with Crippen LogP contribution in [0, 0.1) is 0 Å². The lowest BCUT2D eigenvalue weighted by Gasteiger charge is -2.10. The molecule has 0 bridgehead atoms. The third-order valence-corrected chi connectivity index (χ3v) is 3.17. The summed E-state index contributed by atoms with van der Waals surface area (Å²) in [5.74, 6) is 0.259. The number of phenolic OH excluding ortho intramolecular Hbond substituents is 1. The highest BCUT2D eigenvalue weighted by Crippen LogP contribution is 2.41. The van der Waals surface area contributed by atoms with Gasteiger partial charge in [-0.1, -0.05) is 22.0 Å². The molecule has 1 aliphatic rings. The largest absolute Gasteiger partial charge is 0.508 e. The molecule has 0 aliphatic heterocycles. The predicted octanol–water partition coefficient (Wildman–Crippen LogP) is 2.22. The highest BCUT2D eigenvalue weighted by molar-refractivity contribution is 9.10. The van der Waals surface area contributed by atoms with E-state index < -0.39 is 5.60 Å². The first-order valence-corrected chi connectivity index (χ1v) is 5.09. The highest BCUT2D eigenvalue weighted by atomic mass is 79.9. The molecule has 0 saturated heterocycles. The summed E-state index contributed by atoms with van der Waals surface area (Å²) in [7, 11) is 0. The van der Waals surface area contributed by atoms with Gasteiger partial charge in [-0.15, -0.1) is 0 Å². The van der Waals surface area contributed by atoms with Crippen LogP contribution in [-0.2, 0) is 6.42 Å². The fourth-order valence-electron chi connectivity index (χ4n) is 1.37. The van der Waals surface area contributed by atoms with Crippen LogP contribution in [-0.4, -0.2) is 15.8 Å². The van der Waals surface area contributed by atoms with Crippen molar-refractivity contribution >= 4 is 15.9 Å². The lowest BCUT2D eigenvalue weighted by atomic mass is 10.1. The first kappa shape index (κ1) is 9.03. The summed E-state index contributed by atoms with van der Waals surface area (Å²) in [6, 6.07) is 5.30. The Hall–Kier alpha value is -0.540. The molecule has 1 aromatic rings. The maximum absolute atomic E-state index is 9.70. The molecule has 2 rings (SSSR count). The molecular formula is C10H11BrO2. The van der Waals surface area contributed by atoms with Crippen molar-refractivity contribution < 1.29 is 10.2 Å². The number of benzene rings is 1.